The maximum Gasteiger partial charge on any atom is 0.161 e. The first-order valence-corrected chi connectivity index (χ1v) is 7.99. The van der Waals surface area contributed by atoms with E-state index in [2.05, 4.69) is 33.9 Å². The Morgan fingerprint density at radius 3 is 2.62 bits per heavy atom. The smallest absolute Gasteiger partial charge is 0.161 e. The van der Waals surface area contributed by atoms with Crippen molar-refractivity contribution in [2.24, 2.45) is 0 Å². The largest absolute Gasteiger partial charge is 0.228 e. The SMILES string of the molecule is CCc1ccccc1-c1nc(Cl)c2c(Br)ccc(C)c2n1. The lowest BCUT2D eigenvalue weighted by molar-refractivity contribution is 1.12. The monoisotopic (exact) mass is 360 g/mol. The van der Waals surface area contributed by atoms with Gasteiger partial charge < -0.3 is 0 Å². The van der Waals surface area contributed by atoms with Crippen LogP contribution in [-0.4, -0.2) is 9.97 Å². The fourth-order valence-corrected chi connectivity index (χ4v) is 3.35. The first kappa shape index (κ1) is 14.5. The van der Waals surface area contributed by atoms with Gasteiger partial charge in [-0.25, -0.2) is 9.97 Å². The van der Waals surface area contributed by atoms with Gasteiger partial charge >= 0.3 is 0 Å². The second-order valence-corrected chi connectivity index (χ2v) is 6.15. The highest BCUT2D eigenvalue weighted by molar-refractivity contribution is 9.10. The molecule has 1 aromatic heterocycles. The van der Waals surface area contributed by atoms with Gasteiger partial charge in [0.15, 0.2) is 5.82 Å². The van der Waals surface area contributed by atoms with Crippen molar-refractivity contribution in [3.05, 3.63) is 57.2 Å². The first-order valence-electron chi connectivity index (χ1n) is 6.82. The Morgan fingerprint density at radius 1 is 1.10 bits per heavy atom. The number of hydrogen-bond acceptors (Lipinski definition) is 2. The molecule has 0 saturated carbocycles. The van der Waals surface area contributed by atoms with Gasteiger partial charge in [-0.15, -0.1) is 0 Å². The molecule has 0 bridgehead atoms. The highest BCUT2D eigenvalue weighted by Gasteiger charge is 2.13. The quantitative estimate of drug-likeness (QED) is 0.557. The van der Waals surface area contributed by atoms with Crippen LogP contribution < -0.4 is 0 Å². The van der Waals surface area contributed by atoms with Crippen molar-refractivity contribution >= 4 is 38.4 Å². The van der Waals surface area contributed by atoms with Crippen LogP contribution in [0.1, 0.15) is 18.1 Å². The van der Waals surface area contributed by atoms with Crippen molar-refractivity contribution in [2.75, 3.05) is 0 Å². The van der Waals surface area contributed by atoms with Crippen LogP contribution in [0.5, 0.6) is 0 Å². The molecule has 0 unspecified atom stereocenters. The molecule has 0 saturated heterocycles. The number of rotatable bonds is 2. The van der Waals surface area contributed by atoms with Gasteiger partial charge in [-0.1, -0.05) is 48.9 Å². The number of aromatic nitrogens is 2. The fraction of sp³-hybridized carbons (Fsp3) is 0.176. The summed E-state index contributed by atoms with van der Waals surface area (Å²) in [6, 6.07) is 12.2. The molecule has 0 spiro atoms. The van der Waals surface area contributed by atoms with Crippen molar-refractivity contribution < 1.29 is 0 Å². The molecule has 4 heteroatoms. The standard InChI is InChI=1S/C17H14BrClN2/c1-3-11-6-4-5-7-12(11)17-20-15-10(2)8-9-13(18)14(15)16(19)21-17/h4-9H,3H2,1-2H3. The third kappa shape index (κ3) is 2.56. The molecule has 106 valence electrons. The summed E-state index contributed by atoms with van der Waals surface area (Å²) >= 11 is 9.93. The Morgan fingerprint density at radius 2 is 1.86 bits per heavy atom. The normalized spacial score (nSPS) is 11.0. The summed E-state index contributed by atoms with van der Waals surface area (Å²) in [4.78, 5) is 9.26. The van der Waals surface area contributed by atoms with Gasteiger partial charge in [-0.05, 0) is 46.5 Å². The fourth-order valence-electron chi connectivity index (χ4n) is 2.46. The summed E-state index contributed by atoms with van der Waals surface area (Å²) in [6.07, 6.45) is 0.937. The molecule has 1 heterocycles. The predicted molar refractivity (Wildman–Crippen MR) is 91.8 cm³/mol. The Hall–Kier alpha value is -1.45. The maximum absolute atomic E-state index is 6.40. The van der Waals surface area contributed by atoms with E-state index in [4.69, 9.17) is 16.6 Å². The predicted octanol–water partition coefficient (Wildman–Crippen LogP) is 5.58. The summed E-state index contributed by atoms with van der Waals surface area (Å²) in [5, 5.41) is 1.35. The highest BCUT2D eigenvalue weighted by Crippen LogP contribution is 2.33. The zero-order valence-electron chi connectivity index (χ0n) is 11.8. The summed E-state index contributed by atoms with van der Waals surface area (Å²) in [5.74, 6) is 0.686. The van der Waals surface area contributed by atoms with Gasteiger partial charge in [-0.2, -0.15) is 0 Å². The van der Waals surface area contributed by atoms with E-state index >= 15 is 0 Å². The number of aryl methyl sites for hydroxylation is 2. The summed E-state index contributed by atoms with van der Waals surface area (Å²) in [5.41, 5.74) is 4.25. The molecule has 0 amide bonds. The van der Waals surface area contributed by atoms with E-state index in [1.807, 2.05) is 37.3 Å². The van der Waals surface area contributed by atoms with E-state index in [0.29, 0.717) is 11.0 Å². The first-order chi connectivity index (χ1) is 10.1. The van der Waals surface area contributed by atoms with Crippen molar-refractivity contribution in [2.45, 2.75) is 20.3 Å². The van der Waals surface area contributed by atoms with Crippen LogP contribution in [-0.2, 0) is 6.42 Å². The third-order valence-corrected chi connectivity index (χ3v) is 4.53. The van der Waals surface area contributed by atoms with Crippen molar-refractivity contribution in [1.82, 2.24) is 9.97 Å². The zero-order valence-corrected chi connectivity index (χ0v) is 14.2. The molecule has 2 nitrogen and oxygen atoms in total. The van der Waals surface area contributed by atoms with Crippen LogP contribution in [0.3, 0.4) is 0 Å². The Balaban J connectivity index is 2.33. The lowest BCUT2D eigenvalue weighted by Gasteiger charge is -2.10. The highest BCUT2D eigenvalue weighted by atomic mass is 79.9. The van der Waals surface area contributed by atoms with Gasteiger partial charge in [-0.3, -0.25) is 0 Å². The second kappa shape index (κ2) is 5.74. The number of halogens is 2. The molecule has 3 rings (SSSR count). The summed E-state index contributed by atoms with van der Waals surface area (Å²) in [7, 11) is 0. The Labute approximate surface area is 137 Å². The van der Waals surface area contributed by atoms with Gasteiger partial charge in [0.1, 0.15) is 5.15 Å². The molecular formula is C17H14BrClN2. The van der Waals surface area contributed by atoms with Crippen LogP contribution >= 0.6 is 27.5 Å². The van der Waals surface area contributed by atoms with Gasteiger partial charge in [0, 0.05) is 10.0 Å². The second-order valence-electron chi connectivity index (χ2n) is 4.94. The zero-order chi connectivity index (χ0) is 15.0. The van der Waals surface area contributed by atoms with E-state index < -0.39 is 0 Å². The minimum atomic E-state index is 0.483. The summed E-state index contributed by atoms with van der Waals surface area (Å²) < 4.78 is 0.920. The minimum absolute atomic E-state index is 0.483. The van der Waals surface area contributed by atoms with Crippen molar-refractivity contribution in [1.29, 1.82) is 0 Å². The molecule has 0 fully saturated rings. The molecule has 3 aromatic rings. The van der Waals surface area contributed by atoms with Crippen LogP contribution in [0.4, 0.5) is 0 Å². The molecule has 0 aliphatic carbocycles. The molecule has 0 aliphatic rings. The van der Waals surface area contributed by atoms with Crippen LogP contribution in [0.25, 0.3) is 22.3 Å². The molecule has 0 N–H and O–H groups in total. The van der Waals surface area contributed by atoms with Crippen LogP contribution in [0.15, 0.2) is 40.9 Å². The lowest BCUT2D eigenvalue weighted by atomic mass is 10.0. The maximum atomic E-state index is 6.40. The average molecular weight is 362 g/mol. The molecule has 0 atom stereocenters. The average Bonchev–Trinajstić information content (AvgIpc) is 2.50. The van der Waals surface area contributed by atoms with Crippen LogP contribution in [0.2, 0.25) is 5.15 Å². The van der Waals surface area contributed by atoms with E-state index in [1.165, 1.54) is 5.56 Å². The topological polar surface area (TPSA) is 25.8 Å². The third-order valence-electron chi connectivity index (χ3n) is 3.60. The molecule has 21 heavy (non-hydrogen) atoms. The van der Waals surface area contributed by atoms with E-state index in [-0.39, 0.29) is 0 Å². The number of hydrogen-bond donors (Lipinski definition) is 0. The van der Waals surface area contributed by atoms with Crippen LogP contribution in [0, 0.1) is 6.92 Å². The molecule has 0 aliphatic heterocycles. The van der Waals surface area contributed by atoms with Gasteiger partial charge in [0.05, 0.1) is 10.9 Å². The van der Waals surface area contributed by atoms with Gasteiger partial charge in [0.2, 0.25) is 0 Å². The lowest BCUT2D eigenvalue weighted by Crippen LogP contribution is -1.97. The van der Waals surface area contributed by atoms with Crippen molar-refractivity contribution in [3.8, 4) is 11.4 Å². The molecule has 0 radical (unpaired) electrons. The minimum Gasteiger partial charge on any atom is -0.228 e. The number of fused-ring (bicyclic) bond motifs is 1. The molecule has 2 aromatic carbocycles. The number of nitrogens with zero attached hydrogens (tertiary/aromatic N) is 2. The van der Waals surface area contributed by atoms with E-state index in [0.717, 1.165) is 32.9 Å². The Kier molecular flexibility index (Phi) is 3.96. The van der Waals surface area contributed by atoms with Gasteiger partial charge in [0.25, 0.3) is 0 Å². The number of benzene rings is 2. The summed E-state index contributed by atoms with van der Waals surface area (Å²) in [6.45, 7) is 4.16. The van der Waals surface area contributed by atoms with E-state index in [9.17, 15) is 0 Å². The molecular weight excluding hydrogens is 348 g/mol. The Bertz CT molecular complexity index is 830. The van der Waals surface area contributed by atoms with Crippen molar-refractivity contribution in [3.63, 3.8) is 0 Å². The van der Waals surface area contributed by atoms with E-state index in [1.54, 1.807) is 0 Å².